The van der Waals surface area contributed by atoms with Gasteiger partial charge in [-0.1, -0.05) is 54.6 Å². The van der Waals surface area contributed by atoms with Crippen molar-refractivity contribution >= 4 is 22.4 Å². The van der Waals surface area contributed by atoms with Gasteiger partial charge in [-0.25, -0.2) is 0 Å². The molecule has 0 atom stereocenters. The molecule has 1 saturated heterocycles. The van der Waals surface area contributed by atoms with Crippen molar-refractivity contribution in [1.82, 2.24) is 4.90 Å². The van der Waals surface area contributed by atoms with Crippen molar-refractivity contribution in [3.8, 4) is 0 Å². The van der Waals surface area contributed by atoms with Crippen LogP contribution in [0.3, 0.4) is 0 Å². The van der Waals surface area contributed by atoms with Crippen LogP contribution < -0.4 is 5.32 Å². The third-order valence-corrected chi connectivity index (χ3v) is 6.09. The minimum Gasteiger partial charge on any atom is -0.326 e. The number of aryl methyl sites for hydroxylation is 1. The minimum absolute atomic E-state index is 0.101. The van der Waals surface area contributed by atoms with E-state index < -0.39 is 0 Å². The lowest BCUT2D eigenvalue weighted by Crippen LogP contribution is -2.37. The molecule has 0 saturated carbocycles. The minimum atomic E-state index is 0.101. The first-order valence-electron chi connectivity index (χ1n) is 10.2. The second kappa shape index (κ2) is 8.15. The lowest BCUT2D eigenvalue weighted by Gasteiger charge is -2.31. The van der Waals surface area contributed by atoms with Crippen LogP contribution in [0.5, 0.6) is 0 Å². The van der Waals surface area contributed by atoms with E-state index in [2.05, 4.69) is 72.6 Å². The number of carbonyl (C=O) groups is 1. The zero-order chi connectivity index (χ0) is 19.5. The summed E-state index contributed by atoms with van der Waals surface area (Å²) in [6.07, 6.45) is 1.84. The van der Waals surface area contributed by atoms with Gasteiger partial charge in [0.1, 0.15) is 0 Å². The number of rotatable bonds is 4. The van der Waals surface area contributed by atoms with Crippen LogP contribution in [-0.4, -0.2) is 23.9 Å². The second-order valence-electron chi connectivity index (χ2n) is 7.93. The van der Waals surface area contributed by atoms with Gasteiger partial charge in [0.05, 0.1) is 0 Å². The molecule has 0 unspecified atom stereocenters. The van der Waals surface area contributed by atoms with E-state index in [1.807, 2.05) is 12.1 Å². The maximum absolute atomic E-state index is 12.7. The normalized spacial score (nSPS) is 15.6. The molecule has 0 aliphatic carbocycles. The number of amides is 1. The third kappa shape index (κ3) is 3.95. The SMILES string of the molecule is Cc1cccc(NC(=O)C2CCN(Cc3cccc4ccccc34)CC2)c1C. The van der Waals surface area contributed by atoms with Gasteiger partial charge in [0.25, 0.3) is 0 Å². The van der Waals surface area contributed by atoms with E-state index in [1.165, 1.54) is 21.9 Å². The summed E-state index contributed by atoms with van der Waals surface area (Å²) in [6, 6.07) is 21.2. The molecule has 28 heavy (non-hydrogen) atoms. The van der Waals surface area contributed by atoms with Crippen LogP contribution in [0.1, 0.15) is 29.5 Å². The molecule has 3 aromatic carbocycles. The average Bonchev–Trinajstić information content (AvgIpc) is 2.72. The van der Waals surface area contributed by atoms with Crippen molar-refractivity contribution in [3.05, 3.63) is 77.4 Å². The molecular weight excluding hydrogens is 344 g/mol. The fourth-order valence-electron chi connectivity index (χ4n) is 4.15. The number of fused-ring (bicyclic) bond motifs is 1. The topological polar surface area (TPSA) is 32.3 Å². The number of anilines is 1. The molecule has 1 aliphatic rings. The third-order valence-electron chi connectivity index (χ3n) is 6.09. The highest BCUT2D eigenvalue weighted by atomic mass is 16.1. The summed E-state index contributed by atoms with van der Waals surface area (Å²) in [6.45, 7) is 7.03. The van der Waals surface area contributed by atoms with Gasteiger partial charge < -0.3 is 5.32 Å². The largest absolute Gasteiger partial charge is 0.326 e. The Morgan fingerprint density at radius 2 is 1.68 bits per heavy atom. The standard InChI is InChI=1S/C25H28N2O/c1-18-7-5-12-24(19(18)2)26-25(28)21-13-15-27(16-14-21)17-22-10-6-9-20-8-3-4-11-23(20)22/h3-12,21H,13-17H2,1-2H3,(H,26,28). The first-order valence-corrected chi connectivity index (χ1v) is 10.2. The molecule has 0 aromatic heterocycles. The van der Waals surface area contributed by atoms with E-state index in [1.54, 1.807) is 0 Å². The van der Waals surface area contributed by atoms with Crippen molar-refractivity contribution in [2.75, 3.05) is 18.4 Å². The number of carbonyl (C=O) groups excluding carboxylic acids is 1. The van der Waals surface area contributed by atoms with Gasteiger partial charge in [-0.3, -0.25) is 9.69 Å². The highest BCUT2D eigenvalue weighted by Crippen LogP contribution is 2.25. The molecule has 1 heterocycles. The summed E-state index contributed by atoms with van der Waals surface area (Å²) in [4.78, 5) is 15.2. The van der Waals surface area contributed by atoms with E-state index in [-0.39, 0.29) is 11.8 Å². The smallest absolute Gasteiger partial charge is 0.227 e. The lowest BCUT2D eigenvalue weighted by atomic mass is 9.94. The van der Waals surface area contributed by atoms with E-state index in [4.69, 9.17) is 0 Å². The van der Waals surface area contributed by atoms with Crippen LogP contribution in [0.4, 0.5) is 5.69 Å². The highest BCUT2D eigenvalue weighted by molar-refractivity contribution is 5.93. The first kappa shape index (κ1) is 18.7. The zero-order valence-electron chi connectivity index (χ0n) is 16.7. The second-order valence-corrected chi connectivity index (χ2v) is 7.93. The maximum Gasteiger partial charge on any atom is 0.227 e. The van der Waals surface area contributed by atoms with Crippen LogP contribution in [0.25, 0.3) is 10.8 Å². The van der Waals surface area contributed by atoms with Gasteiger partial charge in [-0.15, -0.1) is 0 Å². The Morgan fingerprint density at radius 1 is 0.964 bits per heavy atom. The molecule has 1 aliphatic heterocycles. The van der Waals surface area contributed by atoms with Gasteiger partial charge in [0, 0.05) is 18.2 Å². The highest BCUT2D eigenvalue weighted by Gasteiger charge is 2.25. The van der Waals surface area contributed by atoms with Gasteiger partial charge in [0.2, 0.25) is 5.91 Å². The fourth-order valence-corrected chi connectivity index (χ4v) is 4.15. The molecule has 1 N–H and O–H groups in total. The van der Waals surface area contributed by atoms with Gasteiger partial charge in [-0.05, 0) is 73.3 Å². The monoisotopic (exact) mass is 372 g/mol. The quantitative estimate of drug-likeness (QED) is 0.673. The molecule has 1 amide bonds. The molecule has 3 nitrogen and oxygen atoms in total. The molecular formula is C25H28N2O. The Kier molecular flexibility index (Phi) is 5.45. The molecule has 1 fully saturated rings. The average molecular weight is 373 g/mol. The molecule has 4 rings (SSSR count). The Balaban J connectivity index is 1.36. The van der Waals surface area contributed by atoms with Gasteiger partial charge in [-0.2, -0.15) is 0 Å². The molecule has 3 aromatic rings. The number of hydrogen-bond acceptors (Lipinski definition) is 2. The van der Waals surface area contributed by atoms with Crippen LogP contribution in [-0.2, 0) is 11.3 Å². The van der Waals surface area contributed by atoms with Crippen molar-refractivity contribution in [2.24, 2.45) is 5.92 Å². The molecule has 144 valence electrons. The fraction of sp³-hybridized carbons (Fsp3) is 0.320. The van der Waals surface area contributed by atoms with Crippen molar-refractivity contribution in [3.63, 3.8) is 0 Å². The molecule has 0 spiro atoms. The van der Waals surface area contributed by atoms with Crippen LogP contribution in [0.2, 0.25) is 0 Å². The van der Waals surface area contributed by atoms with E-state index in [0.717, 1.165) is 43.7 Å². The van der Waals surface area contributed by atoms with Crippen molar-refractivity contribution in [1.29, 1.82) is 0 Å². The summed E-state index contributed by atoms with van der Waals surface area (Å²) in [5, 5.41) is 5.78. The summed E-state index contributed by atoms with van der Waals surface area (Å²) in [5.41, 5.74) is 4.69. The number of hydrogen-bond donors (Lipinski definition) is 1. The van der Waals surface area contributed by atoms with Crippen LogP contribution in [0.15, 0.2) is 60.7 Å². The van der Waals surface area contributed by atoms with Crippen LogP contribution in [0, 0.1) is 19.8 Å². The summed E-state index contributed by atoms with van der Waals surface area (Å²) < 4.78 is 0. The summed E-state index contributed by atoms with van der Waals surface area (Å²) in [7, 11) is 0. The van der Waals surface area contributed by atoms with Crippen molar-refractivity contribution in [2.45, 2.75) is 33.2 Å². The molecule has 0 radical (unpaired) electrons. The number of nitrogens with zero attached hydrogens (tertiary/aromatic N) is 1. The molecule has 0 bridgehead atoms. The maximum atomic E-state index is 12.7. The summed E-state index contributed by atoms with van der Waals surface area (Å²) >= 11 is 0. The Labute approximate surface area is 167 Å². The number of nitrogens with one attached hydrogen (secondary N) is 1. The lowest BCUT2D eigenvalue weighted by molar-refractivity contribution is -0.121. The number of benzene rings is 3. The predicted octanol–water partition coefficient (Wildman–Crippen LogP) is 5.31. The Hall–Kier alpha value is -2.65. The Morgan fingerprint density at radius 3 is 2.50 bits per heavy atom. The van der Waals surface area contributed by atoms with Gasteiger partial charge in [0.15, 0.2) is 0 Å². The van der Waals surface area contributed by atoms with E-state index in [9.17, 15) is 4.79 Å². The van der Waals surface area contributed by atoms with Crippen molar-refractivity contribution < 1.29 is 4.79 Å². The van der Waals surface area contributed by atoms with Gasteiger partial charge >= 0.3 is 0 Å². The zero-order valence-corrected chi connectivity index (χ0v) is 16.7. The number of likely N-dealkylation sites (tertiary alicyclic amines) is 1. The summed E-state index contributed by atoms with van der Waals surface area (Å²) in [5.74, 6) is 0.266. The molecule has 3 heteroatoms. The van der Waals surface area contributed by atoms with E-state index >= 15 is 0 Å². The Bertz CT molecular complexity index is 982. The number of piperidine rings is 1. The predicted molar refractivity (Wildman–Crippen MR) is 116 cm³/mol. The van der Waals surface area contributed by atoms with E-state index in [0.29, 0.717) is 0 Å². The first-order chi connectivity index (χ1) is 13.6. The van der Waals surface area contributed by atoms with Crippen LogP contribution >= 0.6 is 0 Å².